The highest BCUT2D eigenvalue weighted by atomic mass is 31.3. The smallest absolute Gasteiger partial charge is 0.300 e. The summed E-state index contributed by atoms with van der Waals surface area (Å²) in [6.45, 7) is 10.3. The van der Waals surface area contributed by atoms with E-state index in [2.05, 4.69) is 9.37 Å². The molecule has 0 unspecified atom stereocenters. The van der Waals surface area contributed by atoms with Crippen LogP contribution in [0.15, 0.2) is 4.52 Å². The van der Waals surface area contributed by atoms with Crippen molar-refractivity contribution in [2.24, 2.45) is 15.5 Å². The lowest BCUT2D eigenvalue weighted by molar-refractivity contribution is 0.223. The first-order valence-electron chi connectivity index (χ1n) is 8.08. The van der Waals surface area contributed by atoms with Crippen LogP contribution >= 0.6 is 24.6 Å². The number of hydrogen-bond acceptors (Lipinski definition) is 7. The molecule has 11 heteroatoms. The van der Waals surface area contributed by atoms with E-state index in [0.717, 1.165) is 25.7 Å². The van der Waals surface area contributed by atoms with E-state index >= 15 is 0 Å². The summed E-state index contributed by atoms with van der Waals surface area (Å²) in [7, 11) is -5.68. The molecule has 5 N–H and O–H groups in total. The van der Waals surface area contributed by atoms with Gasteiger partial charge in [0.1, 0.15) is 0 Å². The van der Waals surface area contributed by atoms with Crippen LogP contribution in [-0.4, -0.2) is 26.4 Å². The Morgan fingerprint density at radius 2 is 1.26 bits per heavy atom. The molecular weight excluding hydrogens is 357 g/mol. The normalized spacial score (nSPS) is 12.3. The van der Waals surface area contributed by atoms with Gasteiger partial charge in [0.15, 0.2) is 8.37 Å². The summed E-state index contributed by atoms with van der Waals surface area (Å²) in [5.41, 5.74) is 11.5. The average molecular weight is 390 g/mol. The Kier molecular flexibility index (Phi) is 15.6. The van der Waals surface area contributed by atoms with Gasteiger partial charge in [0, 0.05) is 0 Å². The molecule has 0 saturated carbocycles. The number of nitrogens with one attached hydrogen (secondary N) is 1. The van der Waals surface area contributed by atoms with E-state index in [-0.39, 0.29) is 0 Å². The van der Waals surface area contributed by atoms with Gasteiger partial charge in [0.05, 0.1) is 26.4 Å². The molecule has 0 aromatic carbocycles. The molecule has 0 aromatic heterocycles. The van der Waals surface area contributed by atoms with Crippen LogP contribution in [0.4, 0.5) is 0 Å². The third-order valence-corrected chi connectivity index (χ3v) is 7.53. The second-order valence-electron chi connectivity index (χ2n) is 4.68. The first-order valence-corrected chi connectivity index (χ1v) is 12.3. The highest BCUT2D eigenvalue weighted by Gasteiger charge is 2.29. The Balaban J connectivity index is 5.21. The zero-order valence-electron chi connectivity index (χ0n) is 14.7. The molecule has 0 bridgehead atoms. The SMILES string of the molecule is CCCOP(NP(=NP(N)N)(OCCC)OCCC)OCCC. The highest BCUT2D eigenvalue weighted by Crippen LogP contribution is 2.59. The van der Waals surface area contributed by atoms with Crippen LogP contribution in [0.3, 0.4) is 0 Å². The van der Waals surface area contributed by atoms with Crippen molar-refractivity contribution in [3.8, 4) is 0 Å². The summed E-state index contributed by atoms with van der Waals surface area (Å²) < 4.78 is 27.7. The number of nitrogens with zero attached hydrogens (tertiary/aromatic N) is 1. The van der Waals surface area contributed by atoms with Crippen LogP contribution in [0.2, 0.25) is 0 Å². The summed E-state index contributed by atoms with van der Waals surface area (Å²) in [6, 6.07) is 0. The summed E-state index contributed by atoms with van der Waals surface area (Å²) in [5.74, 6) is 0. The minimum absolute atomic E-state index is 0.502. The van der Waals surface area contributed by atoms with Crippen molar-refractivity contribution in [1.29, 1.82) is 0 Å². The molecule has 0 atom stereocenters. The molecule has 0 aliphatic carbocycles. The van der Waals surface area contributed by atoms with Gasteiger partial charge in [0.2, 0.25) is 0 Å². The maximum atomic E-state index is 5.91. The molecular formula is C12H33N4O4P3. The summed E-state index contributed by atoms with van der Waals surface area (Å²) in [4.78, 5) is 3.21. The van der Waals surface area contributed by atoms with Gasteiger partial charge in [-0.1, -0.05) is 27.7 Å². The molecule has 0 spiro atoms. The summed E-state index contributed by atoms with van der Waals surface area (Å²) >= 11 is 0. The largest absolute Gasteiger partial charge is 0.322 e. The third-order valence-electron chi connectivity index (χ3n) is 2.20. The molecule has 8 nitrogen and oxygen atoms in total. The van der Waals surface area contributed by atoms with Crippen LogP contribution in [0.25, 0.3) is 0 Å². The van der Waals surface area contributed by atoms with Gasteiger partial charge in [-0.15, -0.1) is 0 Å². The van der Waals surface area contributed by atoms with Gasteiger partial charge in [-0.05, 0) is 25.7 Å². The molecule has 0 saturated heterocycles. The van der Waals surface area contributed by atoms with Crippen LogP contribution in [0.5, 0.6) is 0 Å². The molecule has 140 valence electrons. The topological polar surface area (TPSA) is 113 Å². The lowest BCUT2D eigenvalue weighted by atomic mass is 10.5. The summed E-state index contributed by atoms with van der Waals surface area (Å²) in [5, 5.41) is 0. The standard InChI is InChI=1S/C12H33N4O4P3/c1-5-9-17-22(18-10-6-2)16-23(15-21(13)14,19-11-7-3)20-12-8-4/h16H,5-14H2,1-4H3. The van der Waals surface area contributed by atoms with Gasteiger partial charge in [-0.3, -0.25) is 11.0 Å². The Morgan fingerprint density at radius 1 is 0.826 bits per heavy atom. The molecule has 0 aliphatic heterocycles. The van der Waals surface area contributed by atoms with E-state index in [1.165, 1.54) is 0 Å². The fraction of sp³-hybridized carbons (Fsp3) is 1.00. The molecule has 0 heterocycles. The van der Waals surface area contributed by atoms with Crippen molar-refractivity contribution >= 4 is 24.6 Å². The van der Waals surface area contributed by atoms with Gasteiger partial charge in [0.25, 0.3) is 8.53 Å². The van der Waals surface area contributed by atoms with E-state index in [4.69, 9.17) is 29.1 Å². The van der Waals surface area contributed by atoms with Crippen molar-refractivity contribution in [3.63, 3.8) is 0 Å². The Labute approximate surface area is 143 Å². The zero-order chi connectivity index (χ0) is 17.6. The maximum Gasteiger partial charge on any atom is 0.300 e. The van der Waals surface area contributed by atoms with Crippen LogP contribution < -0.4 is 15.9 Å². The molecule has 23 heavy (non-hydrogen) atoms. The molecule has 0 radical (unpaired) electrons. The monoisotopic (exact) mass is 390 g/mol. The number of rotatable bonds is 15. The predicted octanol–water partition coefficient (Wildman–Crippen LogP) is 4.60. The van der Waals surface area contributed by atoms with E-state index in [1.54, 1.807) is 0 Å². The van der Waals surface area contributed by atoms with E-state index in [9.17, 15) is 0 Å². The van der Waals surface area contributed by atoms with Crippen molar-refractivity contribution in [1.82, 2.24) is 4.86 Å². The van der Waals surface area contributed by atoms with E-state index < -0.39 is 24.6 Å². The Morgan fingerprint density at radius 3 is 1.61 bits per heavy atom. The lowest BCUT2D eigenvalue weighted by Crippen LogP contribution is -2.15. The van der Waals surface area contributed by atoms with E-state index in [0.29, 0.717) is 26.4 Å². The first-order chi connectivity index (χ1) is 11.0. The Hall–Kier alpha value is 0.810. The van der Waals surface area contributed by atoms with Crippen LogP contribution in [0, 0.1) is 0 Å². The maximum absolute atomic E-state index is 5.91. The lowest BCUT2D eigenvalue weighted by Gasteiger charge is -2.28. The van der Waals surface area contributed by atoms with Crippen LogP contribution in [0.1, 0.15) is 53.4 Å². The average Bonchev–Trinajstić information content (AvgIpc) is 2.52. The predicted molar refractivity (Wildman–Crippen MR) is 99.7 cm³/mol. The van der Waals surface area contributed by atoms with Gasteiger partial charge >= 0.3 is 7.66 Å². The van der Waals surface area contributed by atoms with Gasteiger partial charge in [-0.2, -0.15) is 9.37 Å². The van der Waals surface area contributed by atoms with Crippen molar-refractivity contribution < 1.29 is 18.1 Å². The van der Waals surface area contributed by atoms with Gasteiger partial charge in [-0.25, -0.2) is 0 Å². The zero-order valence-corrected chi connectivity index (χ0v) is 17.4. The van der Waals surface area contributed by atoms with E-state index in [1.807, 2.05) is 27.7 Å². The van der Waals surface area contributed by atoms with Crippen molar-refractivity contribution in [3.05, 3.63) is 0 Å². The quantitative estimate of drug-likeness (QED) is 0.350. The highest BCUT2D eigenvalue weighted by molar-refractivity contribution is 7.71. The fourth-order valence-corrected chi connectivity index (χ4v) is 6.76. The molecule has 0 fully saturated rings. The minimum Gasteiger partial charge on any atom is -0.322 e. The number of nitrogens with two attached hydrogens (primary N) is 2. The third kappa shape index (κ3) is 11.9. The minimum atomic E-state index is -2.79. The van der Waals surface area contributed by atoms with Crippen molar-refractivity contribution in [2.75, 3.05) is 26.4 Å². The molecule has 0 amide bonds. The van der Waals surface area contributed by atoms with Crippen LogP contribution in [-0.2, 0) is 18.1 Å². The molecule has 0 aromatic rings. The molecule has 0 rings (SSSR count). The second-order valence-corrected chi connectivity index (χ2v) is 9.54. The molecule has 0 aliphatic rings. The Bertz CT molecular complexity index is 317. The number of hydrogen-bond donors (Lipinski definition) is 3. The fourth-order valence-electron chi connectivity index (χ4n) is 1.28. The second kappa shape index (κ2) is 15.1. The summed E-state index contributed by atoms with van der Waals surface area (Å²) in [6.07, 6.45) is 3.46. The van der Waals surface area contributed by atoms with Gasteiger partial charge < -0.3 is 18.1 Å². The van der Waals surface area contributed by atoms with Crippen molar-refractivity contribution in [2.45, 2.75) is 53.4 Å². The first kappa shape index (κ1) is 23.8.